The fourth-order valence-corrected chi connectivity index (χ4v) is 8.81. The van der Waals surface area contributed by atoms with Crippen molar-refractivity contribution in [1.82, 2.24) is 0 Å². The molecule has 2 fully saturated rings. The van der Waals surface area contributed by atoms with Crippen LogP contribution < -0.4 is 0 Å². The van der Waals surface area contributed by atoms with Crippen LogP contribution in [0.1, 0.15) is 99.8 Å². The molecule has 0 aliphatic heterocycles. The van der Waals surface area contributed by atoms with Gasteiger partial charge in [-0.1, -0.05) is 45.4 Å². The summed E-state index contributed by atoms with van der Waals surface area (Å²) in [6, 6.07) is 0. The molecule has 6 nitrogen and oxygen atoms in total. The first-order chi connectivity index (χ1) is 16.5. The quantitative estimate of drug-likeness (QED) is 0.236. The summed E-state index contributed by atoms with van der Waals surface area (Å²) in [5, 5.41) is 29.1. The van der Waals surface area contributed by atoms with Gasteiger partial charge in [-0.25, -0.2) is 4.79 Å². The molecule has 0 spiro atoms. The standard InChI is InChI=1S/C30H46O6/c1-18(9-8-10-19(2)25(33)34)20-13-15-30(7)22-11-12-23(27(3,4)26(35)36)28(5,17-24(31)32)21(22)14-16-29(20,30)6/h10,14,18,20,22-23H,8-9,11-13,15-17H2,1-7H3,(H,31,32)(H,33,34)(H,35,36). The number of carbonyl (C=O) groups is 3. The van der Waals surface area contributed by atoms with Crippen LogP contribution in [0.3, 0.4) is 0 Å². The molecule has 7 atom stereocenters. The highest BCUT2D eigenvalue weighted by atomic mass is 16.4. The van der Waals surface area contributed by atoms with E-state index in [0.29, 0.717) is 17.4 Å². The largest absolute Gasteiger partial charge is 0.481 e. The van der Waals surface area contributed by atoms with E-state index < -0.39 is 28.7 Å². The Balaban J connectivity index is 1.95. The zero-order valence-corrected chi connectivity index (χ0v) is 23.2. The molecule has 0 heterocycles. The van der Waals surface area contributed by atoms with Crippen molar-refractivity contribution < 1.29 is 29.7 Å². The van der Waals surface area contributed by atoms with Crippen LogP contribution in [0.5, 0.6) is 0 Å². The number of fused-ring (bicyclic) bond motifs is 3. The Bertz CT molecular complexity index is 976. The number of carboxylic acids is 3. The Kier molecular flexibility index (Phi) is 7.62. The molecule has 0 amide bonds. The van der Waals surface area contributed by atoms with E-state index in [9.17, 15) is 24.6 Å². The van der Waals surface area contributed by atoms with E-state index in [-0.39, 0.29) is 29.1 Å². The average Bonchev–Trinajstić information content (AvgIpc) is 3.04. The Morgan fingerprint density at radius 2 is 1.72 bits per heavy atom. The van der Waals surface area contributed by atoms with Crippen molar-refractivity contribution in [3.8, 4) is 0 Å². The second-order valence-corrected chi connectivity index (χ2v) is 13.3. The smallest absolute Gasteiger partial charge is 0.330 e. The number of allylic oxidation sites excluding steroid dienone is 3. The summed E-state index contributed by atoms with van der Waals surface area (Å²) < 4.78 is 0. The van der Waals surface area contributed by atoms with E-state index >= 15 is 0 Å². The Labute approximate surface area is 216 Å². The van der Waals surface area contributed by atoms with Gasteiger partial charge in [-0.15, -0.1) is 0 Å². The van der Waals surface area contributed by atoms with E-state index in [1.54, 1.807) is 20.8 Å². The zero-order chi connectivity index (χ0) is 27.3. The maximum atomic E-state index is 12.2. The van der Waals surface area contributed by atoms with Gasteiger partial charge >= 0.3 is 17.9 Å². The van der Waals surface area contributed by atoms with Gasteiger partial charge in [0.15, 0.2) is 0 Å². The van der Waals surface area contributed by atoms with Gasteiger partial charge in [0.05, 0.1) is 11.8 Å². The molecule has 6 heteroatoms. The molecule has 0 bridgehead atoms. The molecular formula is C30H46O6. The van der Waals surface area contributed by atoms with Crippen LogP contribution >= 0.6 is 0 Å². The van der Waals surface area contributed by atoms with Crippen LogP contribution in [0, 0.1) is 45.3 Å². The summed E-state index contributed by atoms with van der Waals surface area (Å²) in [5.74, 6) is -1.61. The molecule has 0 aromatic rings. The predicted molar refractivity (Wildman–Crippen MR) is 139 cm³/mol. The zero-order valence-electron chi connectivity index (χ0n) is 23.2. The predicted octanol–water partition coefficient (Wildman–Crippen LogP) is 6.80. The van der Waals surface area contributed by atoms with Gasteiger partial charge < -0.3 is 15.3 Å². The third kappa shape index (κ3) is 4.43. The monoisotopic (exact) mass is 502 g/mol. The number of hydrogen-bond acceptors (Lipinski definition) is 3. The van der Waals surface area contributed by atoms with E-state index in [0.717, 1.165) is 44.9 Å². The van der Waals surface area contributed by atoms with Crippen LogP contribution in [0.4, 0.5) is 0 Å². The van der Waals surface area contributed by atoms with E-state index in [2.05, 4.69) is 26.8 Å². The lowest BCUT2D eigenvalue weighted by molar-refractivity contribution is -0.158. The number of rotatable bonds is 9. The Hall–Kier alpha value is -2.11. The van der Waals surface area contributed by atoms with E-state index in [4.69, 9.17) is 5.11 Å². The molecule has 3 rings (SSSR count). The third-order valence-electron chi connectivity index (χ3n) is 11.2. The van der Waals surface area contributed by atoms with Crippen LogP contribution in [0.25, 0.3) is 0 Å². The van der Waals surface area contributed by atoms with Crippen LogP contribution in [-0.4, -0.2) is 33.2 Å². The van der Waals surface area contributed by atoms with Crippen molar-refractivity contribution in [2.24, 2.45) is 45.3 Å². The molecule has 0 aromatic carbocycles. The summed E-state index contributed by atoms with van der Waals surface area (Å²) in [7, 11) is 0. The highest BCUT2D eigenvalue weighted by Crippen LogP contribution is 2.72. The lowest BCUT2D eigenvalue weighted by atomic mass is 9.43. The van der Waals surface area contributed by atoms with Crippen molar-refractivity contribution in [2.75, 3.05) is 0 Å². The Morgan fingerprint density at radius 3 is 2.28 bits per heavy atom. The lowest BCUT2D eigenvalue weighted by Crippen LogP contribution is -2.55. The van der Waals surface area contributed by atoms with Gasteiger partial charge in [0.1, 0.15) is 0 Å². The van der Waals surface area contributed by atoms with Crippen molar-refractivity contribution in [3.63, 3.8) is 0 Å². The summed E-state index contributed by atoms with van der Waals surface area (Å²) in [4.78, 5) is 35.5. The SMILES string of the molecule is CC(=CCCC(C)C1CCC2(C)C3CCC(C(C)(C)C(=O)O)C(C)(CC(=O)O)C3=CCC12C)C(=O)O. The minimum absolute atomic E-state index is 0.0287. The molecule has 3 aliphatic rings. The van der Waals surface area contributed by atoms with Gasteiger partial charge in [-0.05, 0) is 100 Å². The van der Waals surface area contributed by atoms with Gasteiger partial charge in [0.25, 0.3) is 0 Å². The fourth-order valence-electron chi connectivity index (χ4n) is 8.81. The summed E-state index contributed by atoms with van der Waals surface area (Å²) in [6.07, 6.45) is 10.5. The normalized spacial score (nSPS) is 37.5. The summed E-state index contributed by atoms with van der Waals surface area (Å²) in [6.45, 7) is 14.3. The molecule has 2 saturated carbocycles. The third-order valence-corrected chi connectivity index (χ3v) is 11.2. The topological polar surface area (TPSA) is 112 Å². The molecule has 202 valence electrons. The van der Waals surface area contributed by atoms with Crippen molar-refractivity contribution in [1.29, 1.82) is 0 Å². The van der Waals surface area contributed by atoms with Crippen molar-refractivity contribution >= 4 is 17.9 Å². The van der Waals surface area contributed by atoms with Gasteiger partial charge in [-0.3, -0.25) is 9.59 Å². The van der Waals surface area contributed by atoms with Crippen LogP contribution in [0.2, 0.25) is 0 Å². The molecule has 36 heavy (non-hydrogen) atoms. The number of aliphatic carboxylic acids is 3. The first kappa shape index (κ1) is 28.5. The summed E-state index contributed by atoms with van der Waals surface area (Å²) >= 11 is 0. The molecule has 0 saturated heterocycles. The molecule has 0 aromatic heterocycles. The van der Waals surface area contributed by atoms with Crippen LogP contribution in [-0.2, 0) is 14.4 Å². The molecular weight excluding hydrogens is 456 g/mol. The minimum Gasteiger partial charge on any atom is -0.481 e. The maximum Gasteiger partial charge on any atom is 0.330 e. The van der Waals surface area contributed by atoms with Gasteiger partial charge in [-0.2, -0.15) is 0 Å². The van der Waals surface area contributed by atoms with E-state index in [1.165, 1.54) is 5.57 Å². The molecule has 3 aliphatic carbocycles. The molecule has 3 N–H and O–H groups in total. The highest BCUT2D eigenvalue weighted by molar-refractivity contribution is 5.85. The van der Waals surface area contributed by atoms with Crippen molar-refractivity contribution in [2.45, 2.75) is 99.8 Å². The maximum absolute atomic E-state index is 12.2. The van der Waals surface area contributed by atoms with Crippen LogP contribution in [0.15, 0.2) is 23.3 Å². The highest BCUT2D eigenvalue weighted by Gasteiger charge is 2.64. The lowest BCUT2D eigenvalue weighted by Gasteiger charge is -2.61. The fraction of sp³-hybridized carbons (Fsp3) is 0.767. The summed E-state index contributed by atoms with van der Waals surface area (Å²) in [5.41, 5.74) is -0.0141. The van der Waals surface area contributed by atoms with E-state index in [1.807, 2.05) is 13.0 Å². The minimum atomic E-state index is -1.01. The Morgan fingerprint density at radius 1 is 1.08 bits per heavy atom. The number of carboxylic acid groups (broad SMARTS) is 3. The first-order valence-corrected chi connectivity index (χ1v) is 13.6. The second kappa shape index (κ2) is 9.64. The molecule has 0 radical (unpaired) electrons. The van der Waals surface area contributed by atoms with Crippen molar-refractivity contribution in [3.05, 3.63) is 23.3 Å². The molecule has 7 unspecified atom stereocenters. The average molecular weight is 503 g/mol. The van der Waals surface area contributed by atoms with Gasteiger partial charge in [0.2, 0.25) is 0 Å². The first-order valence-electron chi connectivity index (χ1n) is 13.6. The number of hydrogen-bond donors (Lipinski definition) is 3. The van der Waals surface area contributed by atoms with Gasteiger partial charge in [0, 0.05) is 11.0 Å². The second-order valence-electron chi connectivity index (χ2n) is 13.3.